The van der Waals surface area contributed by atoms with Crippen molar-refractivity contribution in [3.05, 3.63) is 75.4 Å². The largest absolute Gasteiger partial charge is 0.368 e. The molecule has 132 valence electrons. The normalized spacial score (nSPS) is 11.9. The summed E-state index contributed by atoms with van der Waals surface area (Å²) in [5.74, 6) is -1.01. The number of nitrogens with zero attached hydrogens (tertiary/aromatic N) is 1. The molecule has 0 spiro atoms. The number of fused-ring (bicyclic) bond motifs is 1. The molecule has 26 heavy (non-hydrogen) atoms. The minimum atomic E-state index is -0.871. The Balaban J connectivity index is 1.87. The minimum Gasteiger partial charge on any atom is -0.368 e. The number of amides is 2. The molecule has 3 aromatic rings. The Bertz CT molecular complexity index is 988. The summed E-state index contributed by atoms with van der Waals surface area (Å²) >= 11 is 9.44. The second kappa shape index (κ2) is 7.85. The maximum absolute atomic E-state index is 12.7. The molecule has 3 rings (SSSR count). The van der Waals surface area contributed by atoms with Gasteiger partial charge in [-0.1, -0.05) is 45.7 Å². The van der Waals surface area contributed by atoms with E-state index in [1.807, 2.05) is 24.3 Å². The van der Waals surface area contributed by atoms with E-state index in [2.05, 4.69) is 26.2 Å². The predicted octanol–water partition coefficient (Wildman–Crippen LogP) is 3.48. The van der Waals surface area contributed by atoms with Crippen molar-refractivity contribution in [1.29, 1.82) is 0 Å². The molecule has 0 aliphatic heterocycles. The Kier molecular flexibility index (Phi) is 5.54. The fourth-order valence-corrected chi connectivity index (χ4v) is 3.28. The molecule has 7 heteroatoms. The third-order valence-corrected chi connectivity index (χ3v) is 4.98. The number of pyridine rings is 1. The predicted molar refractivity (Wildman–Crippen MR) is 105 cm³/mol. The molecule has 0 unspecified atom stereocenters. The third kappa shape index (κ3) is 4.03. The van der Waals surface area contributed by atoms with E-state index in [0.29, 0.717) is 21.5 Å². The molecule has 3 N–H and O–H groups in total. The zero-order valence-corrected chi connectivity index (χ0v) is 15.9. The van der Waals surface area contributed by atoms with Gasteiger partial charge >= 0.3 is 0 Å². The first-order chi connectivity index (χ1) is 12.5. The molecule has 0 aliphatic carbocycles. The molecule has 0 radical (unpaired) electrons. The van der Waals surface area contributed by atoms with E-state index < -0.39 is 11.9 Å². The van der Waals surface area contributed by atoms with E-state index in [1.165, 1.54) is 0 Å². The topological polar surface area (TPSA) is 85.1 Å². The summed E-state index contributed by atoms with van der Waals surface area (Å²) in [6.07, 6.45) is 1.79. The highest BCUT2D eigenvalue weighted by molar-refractivity contribution is 9.10. The van der Waals surface area contributed by atoms with Crippen molar-refractivity contribution in [1.82, 2.24) is 10.3 Å². The molecule has 1 atom stereocenters. The van der Waals surface area contributed by atoms with Crippen LogP contribution in [0.1, 0.15) is 15.9 Å². The second-order valence-electron chi connectivity index (χ2n) is 5.74. The van der Waals surface area contributed by atoms with Gasteiger partial charge in [-0.2, -0.15) is 0 Å². The number of aromatic nitrogens is 1. The molecule has 0 aliphatic rings. The summed E-state index contributed by atoms with van der Waals surface area (Å²) in [6, 6.07) is 13.3. The lowest BCUT2D eigenvalue weighted by molar-refractivity contribution is -0.119. The number of hydrogen-bond donors (Lipinski definition) is 2. The van der Waals surface area contributed by atoms with Crippen molar-refractivity contribution in [3.8, 4) is 0 Å². The molecule has 5 nitrogen and oxygen atoms in total. The van der Waals surface area contributed by atoms with Crippen molar-refractivity contribution in [3.63, 3.8) is 0 Å². The molecule has 2 amide bonds. The van der Waals surface area contributed by atoms with Gasteiger partial charge in [0.2, 0.25) is 5.91 Å². The van der Waals surface area contributed by atoms with Crippen LogP contribution in [-0.4, -0.2) is 22.8 Å². The first-order valence-corrected chi connectivity index (χ1v) is 9.00. The number of benzene rings is 2. The summed E-state index contributed by atoms with van der Waals surface area (Å²) < 4.78 is 0.789. The van der Waals surface area contributed by atoms with Crippen molar-refractivity contribution in [2.75, 3.05) is 0 Å². The van der Waals surface area contributed by atoms with Crippen LogP contribution in [0.5, 0.6) is 0 Å². The Morgan fingerprint density at radius 3 is 2.73 bits per heavy atom. The zero-order chi connectivity index (χ0) is 18.7. The lowest BCUT2D eigenvalue weighted by Gasteiger charge is -2.17. The van der Waals surface area contributed by atoms with Crippen molar-refractivity contribution in [2.24, 2.45) is 5.73 Å². The standard InChI is InChI=1S/C19H15BrClN3O2/c20-15-6-5-12(21)9-11(15)10-17(18(22)25)24-19(26)14-7-8-23-16-4-2-1-3-13(14)16/h1-9,17H,10H2,(H2,22,25)(H,24,26)/t17-/m0/s1. The van der Waals surface area contributed by atoms with Crippen LogP contribution in [0.3, 0.4) is 0 Å². The maximum atomic E-state index is 12.7. The first-order valence-electron chi connectivity index (χ1n) is 7.83. The van der Waals surface area contributed by atoms with Crippen LogP contribution in [0, 0.1) is 0 Å². The molecular weight excluding hydrogens is 418 g/mol. The van der Waals surface area contributed by atoms with E-state index in [-0.39, 0.29) is 12.3 Å². The molecular formula is C19H15BrClN3O2. The van der Waals surface area contributed by atoms with Crippen LogP contribution < -0.4 is 11.1 Å². The van der Waals surface area contributed by atoms with Crippen LogP contribution in [-0.2, 0) is 11.2 Å². The number of rotatable bonds is 5. The monoisotopic (exact) mass is 431 g/mol. The number of hydrogen-bond acceptors (Lipinski definition) is 3. The van der Waals surface area contributed by atoms with Gasteiger partial charge < -0.3 is 11.1 Å². The fraction of sp³-hybridized carbons (Fsp3) is 0.105. The maximum Gasteiger partial charge on any atom is 0.252 e. The molecule has 1 aromatic heterocycles. The van der Waals surface area contributed by atoms with E-state index in [4.69, 9.17) is 17.3 Å². The number of carbonyl (C=O) groups is 2. The Morgan fingerprint density at radius 1 is 1.19 bits per heavy atom. The van der Waals surface area contributed by atoms with Crippen LogP contribution in [0.2, 0.25) is 5.02 Å². The van der Waals surface area contributed by atoms with Crippen LogP contribution in [0.15, 0.2) is 59.2 Å². The SMILES string of the molecule is NC(=O)[C@H](Cc1cc(Cl)ccc1Br)NC(=O)c1ccnc2ccccc12. The van der Waals surface area contributed by atoms with Crippen LogP contribution in [0.4, 0.5) is 0 Å². The number of primary amides is 1. The van der Waals surface area contributed by atoms with Crippen LogP contribution >= 0.6 is 27.5 Å². The van der Waals surface area contributed by atoms with Crippen molar-refractivity contribution < 1.29 is 9.59 Å². The van der Waals surface area contributed by atoms with Gasteiger partial charge in [-0.25, -0.2) is 0 Å². The van der Waals surface area contributed by atoms with Gasteiger partial charge in [0.25, 0.3) is 5.91 Å². The average molecular weight is 433 g/mol. The smallest absolute Gasteiger partial charge is 0.252 e. The average Bonchev–Trinajstić information content (AvgIpc) is 2.63. The zero-order valence-electron chi connectivity index (χ0n) is 13.6. The Labute approximate surface area is 163 Å². The number of para-hydroxylation sites is 1. The highest BCUT2D eigenvalue weighted by atomic mass is 79.9. The van der Waals surface area contributed by atoms with Gasteiger partial charge in [0.15, 0.2) is 0 Å². The van der Waals surface area contributed by atoms with Gasteiger partial charge in [-0.15, -0.1) is 0 Å². The molecule has 0 bridgehead atoms. The van der Waals surface area contributed by atoms with Gasteiger partial charge in [0.1, 0.15) is 6.04 Å². The fourth-order valence-electron chi connectivity index (χ4n) is 2.67. The summed E-state index contributed by atoms with van der Waals surface area (Å²) in [6.45, 7) is 0. The second-order valence-corrected chi connectivity index (χ2v) is 7.03. The van der Waals surface area contributed by atoms with Gasteiger partial charge in [0, 0.05) is 27.5 Å². The van der Waals surface area contributed by atoms with Gasteiger partial charge in [-0.05, 0) is 35.9 Å². The number of carbonyl (C=O) groups excluding carboxylic acids is 2. The highest BCUT2D eigenvalue weighted by Crippen LogP contribution is 2.23. The summed E-state index contributed by atoms with van der Waals surface area (Å²) in [7, 11) is 0. The summed E-state index contributed by atoms with van der Waals surface area (Å²) in [5.41, 5.74) is 7.42. The summed E-state index contributed by atoms with van der Waals surface area (Å²) in [4.78, 5) is 28.8. The Hall–Kier alpha value is -2.44. The number of halogens is 2. The van der Waals surface area contributed by atoms with Gasteiger partial charge in [-0.3, -0.25) is 14.6 Å². The van der Waals surface area contributed by atoms with E-state index in [9.17, 15) is 9.59 Å². The van der Waals surface area contributed by atoms with E-state index >= 15 is 0 Å². The number of nitrogens with one attached hydrogen (secondary N) is 1. The van der Waals surface area contributed by atoms with Crippen molar-refractivity contribution in [2.45, 2.75) is 12.5 Å². The van der Waals surface area contributed by atoms with E-state index in [0.717, 1.165) is 10.0 Å². The lowest BCUT2D eigenvalue weighted by atomic mass is 10.0. The summed E-state index contributed by atoms with van der Waals surface area (Å²) in [5, 5.41) is 3.96. The van der Waals surface area contributed by atoms with Crippen LogP contribution in [0.25, 0.3) is 10.9 Å². The first kappa shape index (κ1) is 18.4. The quantitative estimate of drug-likeness (QED) is 0.647. The minimum absolute atomic E-state index is 0.227. The lowest BCUT2D eigenvalue weighted by Crippen LogP contribution is -2.46. The van der Waals surface area contributed by atoms with Gasteiger partial charge in [0.05, 0.1) is 11.1 Å². The number of nitrogens with two attached hydrogens (primary N) is 1. The Morgan fingerprint density at radius 2 is 1.96 bits per heavy atom. The third-order valence-electron chi connectivity index (χ3n) is 3.97. The molecule has 0 saturated heterocycles. The molecule has 0 fully saturated rings. The van der Waals surface area contributed by atoms with Crippen molar-refractivity contribution >= 4 is 50.2 Å². The molecule has 2 aromatic carbocycles. The van der Waals surface area contributed by atoms with E-state index in [1.54, 1.807) is 30.5 Å². The molecule has 1 heterocycles. The highest BCUT2D eigenvalue weighted by Gasteiger charge is 2.21. The molecule has 0 saturated carbocycles.